The van der Waals surface area contributed by atoms with Crippen molar-refractivity contribution in [1.82, 2.24) is 15.0 Å². The number of amides is 2. The Morgan fingerprint density at radius 3 is 2.77 bits per heavy atom. The van der Waals surface area contributed by atoms with Crippen LogP contribution in [0.5, 0.6) is 0 Å². The van der Waals surface area contributed by atoms with Crippen molar-refractivity contribution in [2.45, 2.75) is 32.7 Å². The first kappa shape index (κ1) is 20.6. The summed E-state index contributed by atoms with van der Waals surface area (Å²) in [6, 6.07) is 14.0. The Morgan fingerprint density at radius 1 is 1.23 bits per heavy atom. The Balaban J connectivity index is 1.45. The van der Waals surface area contributed by atoms with Crippen LogP contribution in [0.3, 0.4) is 0 Å². The van der Waals surface area contributed by atoms with Crippen molar-refractivity contribution in [3.05, 3.63) is 65.5 Å². The number of carbonyl (C=O) groups excluding carboxylic acids is 2. The zero-order valence-electron chi connectivity index (χ0n) is 17.5. The standard InChI is InChI=1S/C23H24N4O4/c1-3-30-22(28)16-9-11-18(12-10-16)24-23(29)27-13-5-8-19(27)21-25-20(26-31-21)17-7-4-6-15(2)14-17/h4,6-7,9-12,14,19H,3,5,8,13H2,1-2H3,(H,24,29)/t19-/m1/s1. The number of hydrogen-bond donors (Lipinski definition) is 1. The third-order valence-corrected chi connectivity index (χ3v) is 5.16. The number of nitrogens with one attached hydrogen (secondary N) is 1. The Morgan fingerprint density at radius 2 is 2.03 bits per heavy atom. The van der Waals surface area contributed by atoms with Crippen molar-refractivity contribution in [2.24, 2.45) is 0 Å². The SMILES string of the molecule is CCOC(=O)c1ccc(NC(=O)N2CCC[C@@H]2c2nc(-c3cccc(C)c3)no2)cc1. The second kappa shape index (κ2) is 8.99. The first-order valence-corrected chi connectivity index (χ1v) is 10.3. The summed E-state index contributed by atoms with van der Waals surface area (Å²) in [5.74, 6) is 0.558. The van der Waals surface area contributed by atoms with Crippen LogP contribution in [0.4, 0.5) is 10.5 Å². The third kappa shape index (κ3) is 4.58. The van der Waals surface area contributed by atoms with Gasteiger partial charge in [0.25, 0.3) is 0 Å². The summed E-state index contributed by atoms with van der Waals surface area (Å²) in [5.41, 5.74) is 3.02. The quantitative estimate of drug-likeness (QED) is 0.606. The van der Waals surface area contributed by atoms with E-state index in [9.17, 15) is 9.59 Å². The van der Waals surface area contributed by atoms with E-state index >= 15 is 0 Å². The number of hydrogen-bond acceptors (Lipinski definition) is 6. The van der Waals surface area contributed by atoms with Gasteiger partial charge in [0.2, 0.25) is 11.7 Å². The molecule has 1 aliphatic heterocycles. The largest absolute Gasteiger partial charge is 0.462 e. The van der Waals surface area contributed by atoms with E-state index in [2.05, 4.69) is 15.5 Å². The molecule has 0 radical (unpaired) electrons. The van der Waals surface area contributed by atoms with Crippen molar-refractivity contribution < 1.29 is 18.8 Å². The molecule has 8 heteroatoms. The topological polar surface area (TPSA) is 97.6 Å². The number of benzene rings is 2. The van der Waals surface area contributed by atoms with Gasteiger partial charge >= 0.3 is 12.0 Å². The normalized spacial score (nSPS) is 15.7. The number of aryl methyl sites for hydroxylation is 1. The van der Waals surface area contributed by atoms with E-state index in [4.69, 9.17) is 9.26 Å². The Kier molecular flexibility index (Phi) is 5.97. The van der Waals surface area contributed by atoms with Gasteiger partial charge in [-0.05, 0) is 57.0 Å². The summed E-state index contributed by atoms with van der Waals surface area (Å²) in [6.45, 7) is 4.67. The second-order valence-corrected chi connectivity index (χ2v) is 7.41. The number of anilines is 1. The van der Waals surface area contributed by atoms with Crippen molar-refractivity contribution in [1.29, 1.82) is 0 Å². The molecule has 2 aromatic carbocycles. The van der Waals surface area contributed by atoms with Crippen molar-refractivity contribution in [3.8, 4) is 11.4 Å². The highest BCUT2D eigenvalue weighted by Gasteiger charge is 2.34. The molecule has 0 bridgehead atoms. The van der Waals surface area contributed by atoms with Crippen LogP contribution in [-0.2, 0) is 4.74 Å². The summed E-state index contributed by atoms with van der Waals surface area (Å²) in [5, 5.41) is 6.98. The molecule has 1 aromatic heterocycles. The molecule has 31 heavy (non-hydrogen) atoms. The van der Waals surface area contributed by atoms with Gasteiger partial charge in [0.05, 0.1) is 12.2 Å². The minimum atomic E-state index is -0.388. The summed E-state index contributed by atoms with van der Waals surface area (Å²) in [7, 11) is 0. The van der Waals surface area contributed by atoms with E-state index in [1.54, 1.807) is 36.1 Å². The van der Waals surface area contributed by atoms with Gasteiger partial charge in [-0.1, -0.05) is 28.9 Å². The number of aromatic nitrogens is 2. The lowest BCUT2D eigenvalue weighted by atomic mass is 10.1. The molecular weight excluding hydrogens is 396 g/mol. The molecule has 3 aromatic rings. The fourth-order valence-electron chi connectivity index (χ4n) is 3.64. The molecule has 1 aliphatic rings. The van der Waals surface area contributed by atoms with E-state index in [0.717, 1.165) is 24.0 Å². The summed E-state index contributed by atoms with van der Waals surface area (Å²) >= 11 is 0. The molecule has 0 spiro atoms. The molecule has 2 amide bonds. The predicted molar refractivity (Wildman–Crippen MR) is 115 cm³/mol. The Labute approximate surface area is 180 Å². The minimum Gasteiger partial charge on any atom is -0.462 e. The molecule has 0 saturated carbocycles. The van der Waals surface area contributed by atoms with E-state index in [-0.39, 0.29) is 18.0 Å². The highest BCUT2D eigenvalue weighted by atomic mass is 16.5. The van der Waals surface area contributed by atoms with E-state index in [1.807, 2.05) is 31.2 Å². The predicted octanol–water partition coefficient (Wildman–Crippen LogP) is 4.59. The number of carbonyl (C=O) groups is 2. The molecule has 8 nitrogen and oxygen atoms in total. The van der Waals surface area contributed by atoms with Crippen LogP contribution in [0.25, 0.3) is 11.4 Å². The number of rotatable bonds is 5. The first-order chi connectivity index (χ1) is 15.0. The fraction of sp³-hybridized carbons (Fsp3) is 0.304. The molecule has 4 rings (SSSR count). The van der Waals surface area contributed by atoms with E-state index in [1.165, 1.54) is 0 Å². The number of urea groups is 1. The highest BCUT2D eigenvalue weighted by molar-refractivity contribution is 5.92. The van der Waals surface area contributed by atoms with Crippen LogP contribution >= 0.6 is 0 Å². The molecular formula is C23H24N4O4. The van der Waals surface area contributed by atoms with Crippen LogP contribution in [0.1, 0.15) is 47.6 Å². The third-order valence-electron chi connectivity index (χ3n) is 5.16. The number of esters is 1. The summed E-state index contributed by atoms with van der Waals surface area (Å²) < 4.78 is 10.5. The van der Waals surface area contributed by atoms with E-state index in [0.29, 0.717) is 36.1 Å². The van der Waals surface area contributed by atoms with Crippen LogP contribution in [0.2, 0.25) is 0 Å². The van der Waals surface area contributed by atoms with Gasteiger partial charge in [0.1, 0.15) is 6.04 Å². The molecule has 160 valence electrons. The lowest BCUT2D eigenvalue weighted by Crippen LogP contribution is -2.34. The molecule has 1 saturated heterocycles. The van der Waals surface area contributed by atoms with Gasteiger partial charge < -0.3 is 19.5 Å². The molecule has 1 fully saturated rings. The summed E-state index contributed by atoms with van der Waals surface area (Å²) in [4.78, 5) is 30.9. The maximum atomic E-state index is 12.9. The maximum absolute atomic E-state index is 12.9. The van der Waals surface area contributed by atoms with Crippen LogP contribution in [0.15, 0.2) is 53.1 Å². The fourth-order valence-corrected chi connectivity index (χ4v) is 3.64. The number of nitrogens with zero attached hydrogens (tertiary/aromatic N) is 3. The zero-order valence-corrected chi connectivity index (χ0v) is 17.5. The molecule has 0 unspecified atom stereocenters. The molecule has 0 aliphatic carbocycles. The minimum absolute atomic E-state index is 0.248. The Hall–Kier alpha value is -3.68. The number of ether oxygens (including phenoxy) is 1. The van der Waals surface area contributed by atoms with Gasteiger partial charge in [-0.15, -0.1) is 0 Å². The number of likely N-dealkylation sites (tertiary alicyclic amines) is 1. The zero-order chi connectivity index (χ0) is 21.8. The first-order valence-electron chi connectivity index (χ1n) is 10.3. The van der Waals surface area contributed by atoms with Gasteiger partial charge in [-0.25, -0.2) is 9.59 Å². The van der Waals surface area contributed by atoms with Crippen molar-refractivity contribution in [2.75, 3.05) is 18.5 Å². The molecule has 1 N–H and O–H groups in total. The smallest absolute Gasteiger partial charge is 0.338 e. The van der Waals surface area contributed by atoms with Crippen molar-refractivity contribution in [3.63, 3.8) is 0 Å². The summed E-state index contributed by atoms with van der Waals surface area (Å²) in [6.07, 6.45) is 1.60. The average molecular weight is 420 g/mol. The molecule has 1 atom stereocenters. The van der Waals surface area contributed by atoms with Gasteiger partial charge in [0, 0.05) is 17.8 Å². The lowest BCUT2D eigenvalue weighted by molar-refractivity contribution is 0.0526. The van der Waals surface area contributed by atoms with E-state index < -0.39 is 0 Å². The average Bonchev–Trinajstić information content (AvgIpc) is 3.44. The second-order valence-electron chi connectivity index (χ2n) is 7.41. The van der Waals surface area contributed by atoms with Gasteiger partial charge in [-0.2, -0.15) is 4.98 Å². The van der Waals surface area contributed by atoms with Crippen LogP contribution < -0.4 is 5.32 Å². The van der Waals surface area contributed by atoms with Gasteiger partial charge in [-0.3, -0.25) is 0 Å². The monoisotopic (exact) mass is 420 g/mol. The van der Waals surface area contributed by atoms with Gasteiger partial charge in [0.15, 0.2) is 0 Å². The van der Waals surface area contributed by atoms with Crippen molar-refractivity contribution >= 4 is 17.7 Å². The lowest BCUT2D eigenvalue weighted by Gasteiger charge is -2.22. The molecule has 2 heterocycles. The maximum Gasteiger partial charge on any atom is 0.338 e. The Bertz CT molecular complexity index is 1080. The highest BCUT2D eigenvalue weighted by Crippen LogP contribution is 2.32. The van der Waals surface area contributed by atoms with Crippen LogP contribution in [-0.4, -0.2) is 40.2 Å². The van der Waals surface area contributed by atoms with Crippen LogP contribution in [0, 0.1) is 6.92 Å².